The molecule has 6 rings (SSSR count). The minimum atomic E-state index is -3.72. The first-order chi connectivity index (χ1) is 16.0. The molecule has 2 aromatic heterocycles. The largest absolute Gasteiger partial charge is 0.444 e. The Hall–Kier alpha value is -2.57. The number of piperazine rings is 1. The van der Waals surface area contributed by atoms with Crippen LogP contribution < -0.4 is 9.64 Å². The standard InChI is InChI=1S/C22H24F2N4O4S2/c1-21(2,3)32-20(30)28-12-8-13(28)10-27(9-12)19-26-16-15(31-22(23,24)11-29)5-4-14(17(16)34-19)18-25-6-7-33-18/h4-7,12-13,29H,8-11H2,1-3H3. The van der Waals surface area contributed by atoms with E-state index in [4.69, 9.17) is 14.6 Å². The van der Waals surface area contributed by atoms with Crippen LogP contribution in [-0.2, 0) is 4.74 Å². The van der Waals surface area contributed by atoms with E-state index in [2.05, 4.69) is 14.9 Å². The molecule has 3 aromatic rings. The highest BCUT2D eigenvalue weighted by atomic mass is 32.1. The second-order valence-electron chi connectivity index (χ2n) is 9.36. The molecule has 0 saturated carbocycles. The van der Waals surface area contributed by atoms with Gasteiger partial charge >= 0.3 is 12.2 Å². The fraction of sp³-hybridized carbons (Fsp3) is 0.500. The van der Waals surface area contributed by atoms with Gasteiger partial charge in [0.15, 0.2) is 10.9 Å². The van der Waals surface area contributed by atoms with Gasteiger partial charge in [-0.25, -0.2) is 14.8 Å². The number of fused-ring (bicyclic) bond motifs is 3. The lowest BCUT2D eigenvalue weighted by Gasteiger charge is -2.55. The molecule has 2 unspecified atom stereocenters. The van der Waals surface area contributed by atoms with Crippen molar-refractivity contribution in [3.63, 3.8) is 0 Å². The first-order valence-electron chi connectivity index (χ1n) is 10.8. The Morgan fingerprint density at radius 2 is 2.00 bits per heavy atom. The number of alkyl halides is 2. The molecule has 0 aliphatic carbocycles. The quantitative estimate of drug-likeness (QED) is 0.538. The summed E-state index contributed by atoms with van der Waals surface area (Å²) in [6.07, 6.45) is -1.46. The van der Waals surface area contributed by atoms with E-state index < -0.39 is 18.3 Å². The molecule has 3 aliphatic heterocycles. The lowest BCUT2D eigenvalue weighted by Crippen LogP contribution is -2.70. The number of piperidine rings is 1. The first kappa shape index (κ1) is 23.2. The maximum atomic E-state index is 13.8. The van der Waals surface area contributed by atoms with E-state index in [0.29, 0.717) is 28.4 Å². The normalized spacial score (nSPS) is 20.4. The molecule has 3 fully saturated rings. The van der Waals surface area contributed by atoms with Gasteiger partial charge in [0.2, 0.25) is 0 Å². The van der Waals surface area contributed by atoms with Gasteiger partial charge in [0.25, 0.3) is 0 Å². The van der Waals surface area contributed by atoms with Gasteiger partial charge in [-0.05, 0) is 39.3 Å². The maximum Gasteiger partial charge on any atom is 0.421 e. The molecule has 3 saturated heterocycles. The van der Waals surface area contributed by atoms with Crippen LogP contribution >= 0.6 is 22.7 Å². The highest BCUT2D eigenvalue weighted by Crippen LogP contribution is 2.44. The number of benzene rings is 1. The maximum absolute atomic E-state index is 13.8. The Bertz CT molecular complexity index is 1200. The zero-order chi connectivity index (χ0) is 24.3. The molecule has 182 valence electrons. The van der Waals surface area contributed by atoms with Crippen molar-refractivity contribution in [2.45, 2.75) is 51.0 Å². The van der Waals surface area contributed by atoms with Crippen molar-refractivity contribution >= 4 is 44.1 Å². The summed E-state index contributed by atoms with van der Waals surface area (Å²) < 4.78 is 38.7. The second kappa shape index (κ2) is 8.28. The Kier molecular flexibility index (Phi) is 5.64. The predicted molar refractivity (Wildman–Crippen MR) is 126 cm³/mol. The van der Waals surface area contributed by atoms with Crippen LogP contribution in [0.1, 0.15) is 27.2 Å². The average Bonchev–Trinajstić information content (AvgIpc) is 3.43. The Balaban J connectivity index is 1.45. The third-order valence-corrected chi connectivity index (χ3v) is 7.63. The molecule has 8 nitrogen and oxygen atoms in total. The minimum Gasteiger partial charge on any atom is -0.444 e. The monoisotopic (exact) mass is 510 g/mol. The zero-order valence-corrected chi connectivity index (χ0v) is 20.5. The van der Waals surface area contributed by atoms with E-state index in [-0.39, 0.29) is 23.9 Å². The topological polar surface area (TPSA) is 88.0 Å². The number of nitrogens with zero attached hydrogens (tertiary/aromatic N) is 4. The summed E-state index contributed by atoms with van der Waals surface area (Å²) in [5, 5.41) is 12.2. The van der Waals surface area contributed by atoms with Crippen LogP contribution in [0.25, 0.3) is 20.8 Å². The van der Waals surface area contributed by atoms with Crippen molar-refractivity contribution in [3.8, 4) is 16.3 Å². The summed E-state index contributed by atoms with van der Waals surface area (Å²) in [5.41, 5.74) is 0.516. The number of hydrogen-bond donors (Lipinski definition) is 1. The average molecular weight is 511 g/mol. The number of aliphatic hydroxyl groups is 1. The van der Waals surface area contributed by atoms with Crippen LogP contribution in [0.15, 0.2) is 23.7 Å². The third kappa shape index (κ3) is 4.29. The fourth-order valence-corrected chi connectivity index (χ4v) is 6.14. The highest BCUT2D eigenvalue weighted by molar-refractivity contribution is 7.23. The van der Waals surface area contributed by atoms with Crippen molar-refractivity contribution in [3.05, 3.63) is 23.7 Å². The molecular formula is C22H24F2N4O4S2. The molecule has 1 N–H and O–H groups in total. The van der Waals surface area contributed by atoms with Gasteiger partial charge < -0.3 is 19.5 Å². The molecule has 2 bridgehead atoms. The number of hydrogen-bond acceptors (Lipinski definition) is 9. The number of rotatable bonds is 5. The van der Waals surface area contributed by atoms with Crippen LogP contribution in [-0.4, -0.2) is 69.6 Å². The smallest absolute Gasteiger partial charge is 0.421 e. The molecule has 12 heteroatoms. The van der Waals surface area contributed by atoms with E-state index >= 15 is 0 Å². The Morgan fingerprint density at radius 1 is 1.26 bits per heavy atom. The van der Waals surface area contributed by atoms with Gasteiger partial charge in [-0.2, -0.15) is 8.78 Å². The minimum absolute atomic E-state index is 0.00786. The van der Waals surface area contributed by atoms with E-state index in [0.717, 1.165) is 17.0 Å². The van der Waals surface area contributed by atoms with E-state index in [1.807, 2.05) is 26.2 Å². The molecule has 5 heterocycles. The molecule has 1 amide bonds. The Labute approximate surface area is 202 Å². The summed E-state index contributed by atoms with van der Waals surface area (Å²) in [4.78, 5) is 25.4. The molecule has 2 atom stereocenters. The van der Waals surface area contributed by atoms with Gasteiger partial charge in [0.05, 0.1) is 16.8 Å². The summed E-state index contributed by atoms with van der Waals surface area (Å²) in [6.45, 7) is 5.24. The highest BCUT2D eigenvalue weighted by Gasteiger charge is 2.49. The molecule has 3 aliphatic rings. The van der Waals surface area contributed by atoms with Gasteiger partial charge in [0.1, 0.15) is 22.7 Å². The predicted octanol–water partition coefficient (Wildman–Crippen LogP) is 4.58. The molecular weight excluding hydrogens is 486 g/mol. The number of halogens is 2. The van der Waals surface area contributed by atoms with Crippen molar-refractivity contribution in [1.29, 1.82) is 0 Å². The van der Waals surface area contributed by atoms with Crippen LogP contribution in [0.5, 0.6) is 5.75 Å². The van der Waals surface area contributed by atoms with Crippen LogP contribution in [0.4, 0.5) is 18.7 Å². The van der Waals surface area contributed by atoms with Crippen molar-refractivity contribution in [2.75, 3.05) is 24.6 Å². The molecule has 0 radical (unpaired) electrons. The van der Waals surface area contributed by atoms with Crippen LogP contribution in [0, 0.1) is 0 Å². The second-order valence-corrected chi connectivity index (χ2v) is 11.2. The van der Waals surface area contributed by atoms with Gasteiger partial charge in [-0.15, -0.1) is 11.3 Å². The third-order valence-electron chi connectivity index (χ3n) is 5.67. The van der Waals surface area contributed by atoms with E-state index in [1.165, 1.54) is 28.7 Å². The van der Waals surface area contributed by atoms with Crippen LogP contribution in [0.3, 0.4) is 0 Å². The molecule has 34 heavy (non-hydrogen) atoms. The summed E-state index contributed by atoms with van der Waals surface area (Å²) in [6, 6.07) is 3.13. The van der Waals surface area contributed by atoms with Crippen LogP contribution in [0.2, 0.25) is 0 Å². The van der Waals surface area contributed by atoms with E-state index in [1.54, 1.807) is 17.2 Å². The van der Waals surface area contributed by atoms with Crippen molar-refractivity contribution < 1.29 is 28.2 Å². The number of ether oxygens (including phenoxy) is 2. The van der Waals surface area contributed by atoms with Gasteiger partial charge in [-0.3, -0.25) is 4.90 Å². The SMILES string of the molecule is CC(C)(C)OC(=O)N1C2CC1CN(c1nc3c(OC(F)(F)CO)ccc(-c4nccs4)c3s1)C2. The van der Waals surface area contributed by atoms with Gasteiger partial charge in [0, 0.05) is 30.2 Å². The molecule has 1 aromatic carbocycles. The summed E-state index contributed by atoms with van der Waals surface area (Å²) in [5.74, 6) is -0.102. The number of thiazole rings is 2. The lowest BCUT2D eigenvalue weighted by molar-refractivity contribution is -0.200. The number of amides is 1. The Morgan fingerprint density at radius 3 is 2.62 bits per heavy atom. The number of aromatic nitrogens is 2. The van der Waals surface area contributed by atoms with Crippen molar-refractivity contribution in [2.24, 2.45) is 0 Å². The van der Waals surface area contributed by atoms with Crippen molar-refractivity contribution in [1.82, 2.24) is 14.9 Å². The lowest BCUT2D eigenvalue weighted by atomic mass is 9.88. The summed E-state index contributed by atoms with van der Waals surface area (Å²) >= 11 is 2.82. The number of anilines is 1. The fourth-order valence-electron chi connectivity index (χ4n) is 4.29. The number of carbonyl (C=O) groups excluding carboxylic acids is 1. The van der Waals surface area contributed by atoms with E-state index in [9.17, 15) is 13.6 Å². The van der Waals surface area contributed by atoms with Gasteiger partial charge in [-0.1, -0.05) is 11.3 Å². The number of carbonyl (C=O) groups is 1. The zero-order valence-electron chi connectivity index (χ0n) is 18.8. The number of aliphatic hydroxyl groups excluding tert-OH is 1. The first-order valence-corrected chi connectivity index (χ1v) is 12.5. The molecule has 0 spiro atoms. The summed E-state index contributed by atoms with van der Waals surface area (Å²) in [7, 11) is 0.